The topological polar surface area (TPSA) is 129 Å². The maximum atomic E-state index is 12.6. The molecule has 0 bridgehead atoms. The SMILES string of the molecule is O=C(Cc1cnc2c(CCO)cccc2c1-c1ccccc1)NCCCCOP(=O)(O)O. The van der Waals surface area contributed by atoms with Gasteiger partial charge in [-0.1, -0.05) is 48.5 Å². The van der Waals surface area contributed by atoms with Crippen molar-refractivity contribution in [2.75, 3.05) is 19.8 Å². The summed E-state index contributed by atoms with van der Waals surface area (Å²) >= 11 is 0. The van der Waals surface area contributed by atoms with Gasteiger partial charge in [-0.3, -0.25) is 14.3 Å². The number of pyridine rings is 1. The van der Waals surface area contributed by atoms with E-state index in [2.05, 4.69) is 14.8 Å². The number of carbonyl (C=O) groups excluding carboxylic acids is 1. The van der Waals surface area contributed by atoms with Gasteiger partial charge in [0.15, 0.2) is 0 Å². The predicted molar refractivity (Wildman–Crippen MR) is 122 cm³/mol. The fraction of sp³-hybridized carbons (Fsp3) is 0.304. The maximum Gasteiger partial charge on any atom is 0.469 e. The summed E-state index contributed by atoms with van der Waals surface area (Å²) in [6.07, 6.45) is 3.34. The van der Waals surface area contributed by atoms with E-state index in [1.54, 1.807) is 6.20 Å². The highest BCUT2D eigenvalue weighted by atomic mass is 31.2. The second-order valence-corrected chi connectivity index (χ2v) is 8.61. The van der Waals surface area contributed by atoms with E-state index < -0.39 is 7.82 Å². The van der Waals surface area contributed by atoms with Crippen molar-refractivity contribution in [1.29, 1.82) is 0 Å². The summed E-state index contributed by atoms with van der Waals surface area (Å²) in [6.45, 7) is 0.347. The number of rotatable bonds is 11. The molecule has 0 aliphatic rings. The van der Waals surface area contributed by atoms with Gasteiger partial charge >= 0.3 is 7.82 Å². The van der Waals surface area contributed by atoms with Gasteiger partial charge < -0.3 is 20.2 Å². The molecule has 0 atom stereocenters. The monoisotopic (exact) mass is 458 g/mol. The summed E-state index contributed by atoms with van der Waals surface area (Å²) in [6, 6.07) is 15.7. The molecule has 0 aliphatic heterocycles. The van der Waals surface area contributed by atoms with Gasteiger partial charge in [-0.15, -0.1) is 0 Å². The zero-order valence-corrected chi connectivity index (χ0v) is 18.5. The lowest BCUT2D eigenvalue weighted by molar-refractivity contribution is -0.120. The van der Waals surface area contributed by atoms with E-state index >= 15 is 0 Å². The highest BCUT2D eigenvalue weighted by Crippen LogP contribution is 2.35. The first-order valence-corrected chi connectivity index (χ1v) is 11.9. The van der Waals surface area contributed by atoms with Crippen LogP contribution in [0.15, 0.2) is 54.7 Å². The number of fused-ring (bicyclic) bond motifs is 1. The van der Waals surface area contributed by atoms with E-state index in [0.29, 0.717) is 25.8 Å². The van der Waals surface area contributed by atoms with Gasteiger partial charge in [0.2, 0.25) is 5.91 Å². The fourth-order valence-corrected chi connectivity index (χ4v) is 3.97. The molecule has 0 spiro atoms. The summed E-state index contributed by atoms with van der Waals surface area (Å²) in [5, 5.41) is 13.2. The Bertz CT molecular complexity index is 1100. The molecule has 3 rings (SSSR count). The summed E-state index contributed by atoms with van der Waals surface area (Å²) < 4.78 is 15.1. The van der Waals surface area contributed by atoms with Crippen LogP contribution in [-0.2, 0) is 26.7 Å². The summed E-state index contributed by atoms with van der Waals surface area (Å²) in [5.41, 5.74) is 4.50. The van der Waals surface area contributed by atoms with E-state index in [9.17, 15) is 14.5 Å². The molecule has 1 amide bonds. The first-order valence-electron chi connectivity index (χ1n) is 10.4. The molecule has 0 aliphatic carbocycles. The van der Waals surface area contributed by atoms with Gasteiger partial charge in [-0.25, -0.2) is 4.57 Å². The number of nitrogens with zero attached hydrogens (tertiary/aromatic N) is 1. The Kier molecular flexibility index (Phi) is 8.50. The van der Waals surface area contributed by atoms with Gasteiger partial charge in [-0.2, -0.15) is 0 Å². The smallest absolute Gasteiger partial charge is 0.396 e. The number of aliphatic hydroxyl groups excluding tert-OH is 1. The van der Waals surface area contributed by atoms with E-state index in [1.807, 2.05) is 48.5 Å². The third-order valence-electron chi connectivity index (χ3n) is 5.01. The molecule has 3 aromatic rings. The maximum absolute atomic E-state index is 12.6. The van der Waals surface area contributed by atoms with Crippen LogP contribution in [0.5, 0.6) is 0 Å². The van der Waals surface area contributed by atoms with Gasteiger partial charge in [0.05, 0.1) is 18.5 Å². The Balaban J connectivity index is 1.76. The molecular formula is C23H27N2O6P. The molecule has 0 fully saturated rings. The normalized spacial score (nSPS) is 11.6. The largest absolute Gasteiger partial charge is 0.469 e. The van der Waals surface area contributed by atoms with Crippen LogP contribution in [0.3, 0.4) is 0 Å². The number of phosphoric ester groups is 1. The van der Waals surface area contributed by atoms with Crippen molar-refractivity contribution in [2.24, 2.45) is 0 Å². The molecule has 0 saturated carbocycles. The second-order valence-electron chi connectivity index (χ2n) is 7.37. The second kappa shape index (κ2) is 11.3. The highest BCUT2D eigenvalue weighted by molar-refractivity contribution is 7.46. The average Bonchev–Trinajstić information content (AvgIpc) is 2.76. The fourth-order valence-electron chi connectivity index (χ4n) is 3.60. The number of amides is 1. The number of nitrogens with one attached hydrogen (secondary N) is 1. The van der Waals surface area contributed by atoms with Crippen LogP contribution in [0.2, 0.25) is 0 Å². The van der Waals surface area contributed by atoms with Crippen molar-refractivity contribution < 1.29 is 28.8 Å². The lowest BCUT2D eigenvalue weighted by atomic mass is 9.93. The van der Waals surface area contributed by atoms with Crippen molar-refractivity contribution in [3.63, 3.8) is 0 Å². The Morgan fingerprint density at radius 2 is 1.81 bits per heavy atom. The number of hydrogen-bond acceptors (Lipinski definition) is 5. The lowest BCUT2D eigenvalue weighted by Gasteiger charge is -2.15. The van der Waals surface area contributed by atoms with E-state index in [1.165, 1.54) is 0 Å². The molecule has 8 nitrogen and oxygen atoms in total. The van der Waals surface area contributed by atoms with Crippen LogP contribution in [-0.4, -0.2) is 45.5 Å². The molecule has 4 N–H and O–H groups in total. The van der Waals surface area contributed by atoms with Crippen LogP contribution in [0, 0.1) is 0 Å². The summed E-state index contributed by atoms with van der Waals surface area (Å²) in [4.78, 5) is 34.5. The molecule has 32 heavy (non-hydrogen) atoms. The molecule has 1 heterocycles. The van der Waals surface area contributed by atoms with Crippen LogP contribution in [0.25, 0.3) is 22.0 Å². The minimum absolute atomic E-state index is 0.0326. The first kappa shape index (κ1) is 24.0. The van der Waals surface area contributed by atoms with Crippen molar-refractivity contribution in [2.45, 2.75) is 25.7 Å². The van der Waals surface area contributed by atoms with Crippen molar-refractivity contribution >= 4 is 24.6 Å². The van der Waals surface area contributed by atoms with Crippen LogP contribution in [0.1, 0.15) is 24.0 Å². The first-order chi connectivity index (χ1) is 15.4. The zero-order valence-electron chi connectivity index (χ0n) is 17.6. The molecule has 0 saturated heterocycles. The highest BCUT2D eigenvalue weighted by Gasteiger charge is 2.16. The number of hydrogen-bond donors (Lipinski definition) is 4. The predicted octanol–water partition coefficient (Wildman–Crippen LogP) is 2.98. The Labute approximate surface area is 186 Å². The van der Waals surface area contributed by atoms with Gasteiger partial charge in [0.25, 0.3) is 0 Å². The molecule has 170 valence electrons. The summed E-state index contributed by atoms with van der Waals surface area (Å²) in [5.74, 6) is -0.161. The standard InChI is InChI=1S/C23H27N2O6P/c26-13-11-18-9-6-10-20-22(17-7-2-1-3-8-17)19(16-25-23(18)20)15-21(27)24-12-4-5-14-31-32(28,29)30/h1-3,6-10,16,26H,4-5,11-15H2,(H,24,27)(H2,28,29,30). The van der Waals surface area contributed by atoms with Crippen LogP contribution >= 0.6 is 7.82 Å². The number of unbranched alkanes of at least 4 members (excludes halogenated alkanes) is 1. The Morgan fingerprint density at radius 1 is 1.03 bits per heavy atom. The van der Waals surface area contributed by atoms with Gasteiger partial charge in [-0.05, 0) is 41.5 Å². The third-order valence-corrected chi connectivity index (χ3v) is 5.53. The molecular weight excluding hydrogens is 431 g/mol. The number of para-hydroxylation sites is 1. The summed E-state index contributed by atoms with van der Waals surface area (Å²) in [7, 11) is -4.45. The molecule has 0 radical (unpaired) electrons. The Morgan fingerprint density at radius 3 is 2.53 bits per heavy atom. The quantitative estimate of drug-likeness (QED) is 0.257. The zero-order chi connectivity index (χ0) is 23.0. The van der Waals surface area contributed by atoms with Crippen molar-refractivity contribution in [1.82, 2.24) is 10.3 Å². The van der Waals surface area contributed by atoms with E-state index in [-0.39, 0.29) is 25.5 Å². The van der Waals surface area contributed by atoms with Crippen molar-refractivity contribution in [3.05, 3.63) is 65.9 Å². The molecule has 9 heteroatoms. The molecule has 2 aromatic carbocycles. The number of benzene rings is 2. The minimum atomic E-state index is -4.45. The van der Waals surface area contributed by atoms with E-state index in [4.69, 9.17) is 9.79 Å². The number of phosphoric acid groups is 1. The third kappa shape index (κ3) is 6.69. The average molecular weight is 458 g/mol. The van der Waals surface area contributed by atoms with Crippen LogP contribution < -0.4 is 5.32 Å². The van der Waals surface area contributed by atoms with E-state index in [0.717, 1.165) is 33.2 Å². The minimum Gasteiger partial charge on any atom is -0.396 e. The number of aromatic nitrogens is 1. The lowest BCUT2D eigenvalue weighted by Crippen LogP contribution is -2.26. The van der Waals surface area contributed by atoms with Gasteiger partial charge in [0, 0.05) is 24.7 Å². The Hall–Kier alpha value is -2.61. The number of carbonyl (C=O) groups is 1. The molecule has 0 unspecified atom stereocenters. The van der Waals surface area contributed by atoms with Crippen molar-refractivity contribution in [3.8, 4) is 11.1 Å². The van der Waals surface area contributed by atoms with Crippen LogP contribution in [0.4, 0.5) is 0 Å². The molecule has 1 aromatic heterocycles. The number of aliphatic hydroxyl groups is 1. The van der Waals surface area contributed by atoms with Gasteiger partial charge in [0.1, 0.15) is 0 Å².